The second-order valence-electron chi connectivity index (χ2n) is 7.29. The Labute approximate surface area is 181 Å². The molecule has 1 aromatic heterocycles. The van der Waals surface area contributed by atoms with Gasteiger partial charge in [0.15, 0.2) is 9.84 Å². The molecule has 2 aromatic carbocycles. The number of nitrogens with one attached hydrogen (secondary N) is 1. The summed E-state index contributed by atoms with van der Waals surface area (Å²) in [6.07, 6.45) is 1.21. The third kappa shape index (κ3) is 4.36. The molecule has 0 spiro atoms. The molecule has 0 aliphatic carbocycles. The molecule has 31 heavy (non-hydrogen) atoms. The third-order valence-electron chi connectivity index (χ3n) is 5.15. The SMILES string of the molecule is CCCCS(=O)(=O)c1cc2c(cc1NC(=O)c1ccccc1OCC)n(C)c(=O)n2C. The van der Waals surface area contributed by atoms with Crippen molar-refractivity contribution < 1.29 is 17.9 Å². The summed E-state index contributed by atoms with van der Waals surface area (Å²) < 4.78 is 34.5. The molecule has 3 aromatic rings. The van der Waals surface area contributed by atoms with Gasteiger partial charge in [0.25, 0.3) is 5.91 Å². The van der Waals surface area contributed by atoms with Gasteiger partial charge in [0.2, 0.25) is 0 Å². The van der Waals surface area contributed by atoms with Crippen LogP contribution >= 0.6 is 0 Å². The van der Waals surface area contributed by atoms with Crippen LogP contribution in [0.25, 0.3) is 11.0 Å². The topological polar surface area (TPSA) is 99.4 Å². The van der Waals surface area contributed by atoms with Gasteiger partial charge < -0.3 is 10.1 Å². The van der Waals surface area contributed by atoms with E-state index in [1.807, 2.05) is 13.8 Å². The molecule has 0 atom stereocenters. The number of carbonyl (C=O) groups is 1. The molecule has 0 saturated heterocycles. The number of benzene rings is 2. The second-order valence-corrected chi connectivity index (χ2v) is 9.37. The first-order chi connectivity index (χ1) is 14.7. The molecule has 1 heterocycles. The summed E-state index contributed by atoms with van der Waals surface area (Å²) in [5.74, 6) is -0.129. The Morgan fingerprint density at radius 2 is 1.71 bits per heavy atom. The number of aryl methyl sites for hydroxylation is 2. The summed E-state index contributed by atoms with van der Waals surface area (Å²) >= 11 is 0. The Bertz CT molecular complexity index is 1290. The van der Waals surface area contributed by atoms with E-state index < -0.39 is 15.7 Å². The molecule has 8 nitrogen and oxygen atoms in total. The third-order valence-corrected chi connectivity index (χ3v) is 6.99. The molecule has 0 fully saturated rings. The normalized spacial score (nSPS) is 11.6. The highest BCUT2D eigenvalue weighted by atomic mass is 32.2. The lowest BCUT2D eigenvalue weighted by Crippen LogP contribution is -2.19. The molecule has 0 unspecified atom stereocenters. The summed E-state index contributed by atoms with van der Waals surface area (Å²) in [6, 6.07) is 9.76. The number of para-hydroxylation sites is 1. The minimum Gasteiger partial charge on any atom is -0.493 e. The van der Waals surface area contributed by atoms with Crippen LogP contribution in [0.2, 0.25) is 0 Å². The van der Waals surface area contributed by atoms with Crippen LogP contribution in [0, 0.1) is 0 Å². The Morgan fingerprint density at radius 3 is 2.35 bits per heavy atom. The van der Waals surface area contributed by atoms with E-state index in [0.717, 1.165) is 0 Å². The minimum absolute atomic E-state index is 0.00288. The zero-order valence-corrected chi connectivity index (χ0v) is 19.0. The second kappa shape index (κ2) is 8.97. The van der Waals surface area contributed by atoms with Crippen LogP contribution in [0.15, 0.2) is 46.1 Å². The van der Waals surface area contributed by atoms with Crippen LogP contribution < -0.4 is 15.7 Å². The van der Waals surface area contributed by atoms with E-state index in [4.69, 9.17) is 4.74 Å². The van der Waals surface area contributed by atoms with Crippen molar-refractivity contribution in [3.05, 3.63) is 52.4 Å². The maximum atomic E-state index is 13.1. The van der Waals surface area contributed by atoms with Crippen LogP contribution in [0.3, 0.4) is 0 Å². The maximum absolute atomic E-state index is 13.1. The van der Waals surface area contributed by atoms with Crippen molar-refractivity contribution >= 4 is 32.5 Å². The number of rotatable bonds is 8. The molecule has 3 rings (SSSR count). The van der Waals surface area contributed by atoms with E-state index in [-0.39, 0.29) is 22.0 Å². The monoisotopic (exact) mass is 445 g/mol. The van der Waals surface area contributed by atoms with E-state index in [1.54, 1.807) is 38.4 Å². The predicted octanol–water partition coefficient (Wildman–Crippen LogP) is 3.10. The number of unbranched alkanes of at least 4 members (excludes halogenated alkanes) is 1. The van der Waals surface area contributed by atoms with Crippen LogP contribution in [-0.2, 0) is 23.9 Å². The van der Waals surface area contributed by atoms with E-state index in [1.165, 1.54) is 21.3 Å². The van der Waals surface area contributed by atoms with Crippen molar-refractivity contribution in [2.75, 3.05) is 17.7 Å². The number of ether oxygens (including phenoxy) is 1. The van der Waals surface area contributed by atoms with Gasteiger partial charge in [-0.3, -0.25) is 13.9 Å². The number of fused-ring (bicyclic) bond motifs is 1. The summed E-state index contributed by atoms with van der Waals surface area (Å²) in [6.45, 7) is 4.11. The standard InChI is InChI=1S/C22H27N3O5S/c1-5-7-12-31(28,29)20-14-18-17(24(3)22(27)25(18)4)13-16(20)23-21(26)15-10-8-9-11-19(15)30-6-2/h8-11,13-14H,5-7,12H2,1-4H3,(H,23,26). The molecule has 0 aliphatic heterocycles. The van der Waals surface area contributed by atoms with Gasteiger partial charge in [-0.25, -0.2) is 13.2 Å². The van der Waals surface area contributed by atoms with E-state index >= 15 is 0 Å². The average Bonchev–Trinajstić information content (AvgIpc) is 2.96. The van der Waals surface area contributed by atoms with Gasteiger partial charge in [-0.05, 0) is 37.6 Å². The summed E-state index contributed by atoms with van der Waals surface area (Å²) in [4.78, 5) is 25.4. The van der Waals surface area contributed by atoms with Gasteiger partial charge in [-0.2, -0.15) is 0 Å². The van der Waals surface area contributed by atoms with Crippen molar-refractivity contribution in [3.63, 3.8) is 0 Å². The number of anilines is 1. The number of nitrogens with zero attached hydrogens (tertiary/aromatic N) is 2. The van der Waals surface area contributed by atoms with Gasteiger partial charge >= 0.3 is 5.69 Å². The Kier molecular flexibility index (Phi) is 6.54. The largest absolute Gasteiger partial charge is 0.493 e. The van der Waals surface area contributed by atoms with E-state index in [2.05, 4.69) is 5.32 Å². The highest BCUT2D eigenvalue weighted by molar-refractivity contribution is 7.91. The van der Waals surface area contributed by atoms with Gasteiger partial charge in [0.05, 0.1) is 39.5 Å². The maximum Gasteiger partial charge on any atom is 0.328 e. The van der Waals surface area contributed by atoms with Crippen molar-refractivity contribution in [1.82, 2.24) is 9.13 Å². The number of hydrogen-bond acceptors (Lipinski definition) is 5. The van der Waals surface area contributed by atoms with Crippen molar-refractivity contribution in [3.8, 4) is 5.75 Å². The molecule has 0 aliphatic rings. The van der Waals surface area contributed by atoms with Crippen molar-refractivity contribution in [1.29, 1.82) is 0 Å². The Hall–Kier alpha value is -3.07. The van der Waals surface area contributed by atoms with Gasteiger partial charge in [-0.1, -0.05) is 25.5 Å². The van der Waals surface area contributed by atoms with Crippen LogP contribution in [0.5, 0.6) is 5.75 Å². The fourth-order valence-corrected chi connectivity index (χ4v) is 5.08. The van der Waals surface area contributed by atoms with Crippen LogP contribution in [0.1, 0.15) is 37.0 Å². The quantitative estimate of drug-likeness (QED) is 0.574. The van der Waals surface area contributed by atoms with Crippen molar-refractivity contribution in [2.45, 2.75) is 31.6 Å². The molecule has 1 amide bonds. The molecular formula is C22H27N3O5S. The van der Waals surface area contributed by atoms with Crippen LogP contribution in [0.4, 0.5) is 5.69 Å². The van der Waals surface area contributed by atoms with E-state index in [0.29, 0.717) is 41.8 Å². The fourth-order valence-electron chi connectivity index (χ4n) is 3.45. The van der Waals surface area contributed by atoms with Crippen LogP contribution in [-0.4, -0.2) is 35.8 Å². The molecular weight excluding hydrogens is 418 g/mol. The number of hydrogen-bond donors (Lipinski definition) is 1. The van der Waals surface area contributed by atoms with Gasteiger partial charge in [-0.15, -0.1) is 0 Å². The zero-order chi connectivity index (χ0) is 22.8. The first kappa shape index (κ1) is 22.6. The fraction of sp³-hybridized carbons (Fsp3) is 0.364. The summed E-state index contributed by atoms with van der Waals surface area (Å²) in [7, 11) is -0.494. The number of amides is 1. The molecule has 0 bridgehead atoms. The Balaban J connectivity index is 2.16. The highest BCUT2D eigenvalue weighted by Crippen LogP contribution is 2.30. The highest BCUT2D eigenvalue weighted by Gasteiger charge is 2.24. The van der Waals surface area contributed by atoms with Crippen molar-refractivity contribution in [2.24, 2.45) is 14.1 Å². The lowest BCUT2D eigenvalue weighted by Gasteiger charge is -2.14. The minimum atomic E-state index is -3.68. The number of carbonyl (C=O) groups excluding carboxylic acids is 1. The zero-order valence-electron chi connectivity index (χ0n) is 18.1. The van der Waals surface area contributed by atoms with Gasteiger partial charge in [0.1, 0.15) is 5.75 Å². The first-order valence-electron chi connectivity index (χ1n) is 10.2. The van der Waals surface area contributed by atoms with E-state index in [9.17, 15) is 18.0 Å². The molecule has 0 radical (unpaired) electrons. The van der Waals surface area contributed by atoms with Gasteiger partial charge in [0, 0.05) is 14.1 Å². The molecule has 166 valence electrons. The lowest BCUT2D eigenvalue weighted by molar-refractivity contribution is 0.102. The molecule has 9 heteroatoms. The Morgan fingerprint density at radius 1 is 1.06 bits per heavy atom. The predicted molar refractivity (Wildman–Crippen MR) is 121 cm³/mol. The summed E-state index contributed by atoms with van der Waals surface area (Å²) in [5, 5.41) is 2.73. The lowest BCUT2D eigenvalue weighted by atomic mass is 10.1. The molecule has 1 N–H and O–H groups in total. The number of aromatic nitrogens is 2. The average molecular weight is 446 g/mol. The number of sulfone groups is 1. The molecule has 0 saturated carbocycles. The first-order valence-corrected chi connectivity index (χ1v) is 11.8. The number of imidazole rings is 1. The summed E-state index contributed by atoms with van der Waals surface area (Å²) in [5.41, 5.74) is 1.16. The smallest absolute Gasteiger partial charge is 0.328 e.